The zero-order valence-electron chi connectivity index (χ0n) is 11.0. The van der Waals surface area contributed by atoms with Crippen molar-refractivity contribution >= 4 is 0 Å². The second kappa shape index (κ2) is 6.92. The molecule has 0 aliphatic rings. The summed E-state index contributed by atoms with van der Waals surface area (Å²) in [5.41, 5.74) is 0.885. The van der Waals surface area contributed by atoms with Gasteiger partial charge in [0.05, 0.1) is 19.5 Å². The molecule has 2 rings (SSSR count). The summed E-state index contributed by atoms with van der Waals surface area (Å²) in [5, 5.41) is 13.2. The Balaban J connectivity index is 1.72. The van der Waals surface area contributed by atoms with E-state index >= 15 is 0 Å². The van der Waals surface area contributed by atoms with Crippen molar-refractivity contribution in [3.05, 3.63) is 48.5 Å². The lowest BCUT2D eigenvalue weighted by Gasteiger charge is -2.13. The van der Waals surface area contributed by atoms with Gasteiger partial charge < -0.3 is 19.7 Å². The zero-order chi connectivity index (χ0) is 13.5. The van der Waals surface area contributed by atoms with E-state index in [1.807, 2.05) is 35.0 Å². The summed E-state index contributed by atoms with van der Waals surface area (Å²) in [7, 11) is 1.63. The van der Waals surface area contributed by atoms with E-state index in [9.17, 15) is 5.11 Å². The van der Waals surface area contributed by atoms with Crippen LogP contribution < -0.4 is 10.1 Å². The maximum atomic E-state index is 10.0. The highest BCUT2D eigenvalue weighted by molar-refractivity contribution is 5.28. The minimum atomic E-state index is -0.506. The van der Waals surface area contributed by atoms with Gasteiger partial charge in [-0.2, -0.15) is 0 Å². The first-order valence-corrected chi connectivity index (χ1v) is 6.28. The lowest BCUT2D eigenvalue weighted by molar-refractivity contribution is 0.174. The monoisotopic (exact) mass is 261 g/mol. The summed E-state index contributed by atoms with van der Waals surface area (Å²) in [6.07, 6.45) is 4.95. The Labute approximate surface area is 112 Å². The van der Waals surface area contributed by atoms with Gasteiger partial charge in [0.1, 0.15) is 5.75 Å². The zero-order valence-corrected chi connectivity index (χ0v) is 11.0. The Kier molecular flexibility index (Phi) is 4.94. The standard InChI is InChI=1S/C14H19N3O2/c1-19-13-4-2-12(3-5-13)14(18)10-15-6-8-17-9-7-16-11-17/h2-5,7,9,11,14-15,18H,6,8,10H2,1H3. The van der Waals surface area contributed by atoms with Crippen LogP contribution in [-0.2, 0) is 6.54 Å². The van der Waals surface area contributed by atoms with Crippen molar-refractivity contribution in [2.24, 2.45) is 0 Å². The second-order valence-corrected chi connectivity index (χ2v) is 4.29. The number of hydrogen-bond acceptors (Lipinski definition) is 4. The van der Waals surface area contributed by atoms with Gasteiger partial charge in [-0.15, -0.1) is 0 Å². The molecule has 0 bridgehead atoms. The first-order chi connectivity index (χ1) is 9.29. The molecule has 0 aliphatic heterocycles. The third-order valence-electron chi connectivity index (χ3n) is 2.94. The first kappa shape index (κ1) is 13.6. The highest BCUT2D eigenvalue weighted by Crippen LogP contribution is 2.16. The molecule has 102 valence electrons. The van der Waals surface area contributed by atoms with E-state index in [0.29, 0.717) is 6.54 Å². The predicted octanol–water partition coefficient (Wildman–Crippen LogP) is 1.21. The van der Waals surface area contributed by atoms with Gasteiger partial charge in [-0.1, -0.05) is 12.1 Å². The minimum absolute atomic E-state index is 0.506. The van der Waals surface area contributed by atoms with E-state index in [1.165, 1.54) is 0 Å². The molecule has 0 saturated heterocycles. The molecule has 0 saturated carbocycles. The summed E-state index contributed by atoms with van der Waals surface area (Å²) >= 11 is 0. The number of nitrogens with one attached hydrogen (secondary N) is 1. The van der Waals surface area contributed by atoms with Crippen molar-refractivity contribution in [2.45, 2.75) is 12.6 Å². The topological polar surface area (TPSA) is 59.3 Å². The minimum Gasteiger partial charge on any atom is -0.497 e. The van der Waals surface area contributed by atoms with E-state index < -0.39 is 6.10 Å². The summed E-state index contributed by atoms with van der Waals surface area (Å²) in [4.78, 5) is 3.97. The van der Waals surface area contributed by atoms with Crippen LogP contribution in [0.25, 0.3) is 0 Å². The number of hydrogen-bond donors (Lipinski definition) is 2. The molecule has 1 unspecified atom stereocenters. The quantitative estimate of drug-likeness (QED) is 0.736. The Morgan fingerprint density at radius 2 is 2.16 bits per heavy atom. The molecule has 2 aromatic rings. The number of aliphatic hydroxyl groups is 1. The van der Waals surface area contributed by atoms with Crippen LogP contribution in [0.2, 0.25) is 0 Å². The summed E-state index contributed by atoms with van der Waals surface area (Å²) in [5.74, 6) is 0.795. The lowest BCUT2D eigenvalue weighted by Crippen LogP contribution is -2.25. The van der Waals surface area contributed by atoms with Crippen LogP contribution in [0.4, 0.5) is 0 Å². The number of imidazole rings is 1. The van der Waals surface area contributed by atoms with Crippen molar-refractivity contribution in [2.75, 3.05) is 20.2 Å². The normalized spacial score (nSPS) is 12.3. The number of benzene rings is 1. The van der Waals surface area contributed by atoms with Gasteiger partial charge in [-0.25, -0.2) is 4.98 Å². The van der Waals surface area contributed by atoms with Gasteiger partial charge in [-0.3, -0.25) is 0 Å². The fraction of sp³-hybridized carbons (Fsp3) is 0.357. The molecule has 1 heterocycles. The van der Waals surface area contributed by atoms with Gasteiger partial charge in [0.25, 0.3) is 0 Å². The fourth-order valence-corrected chi connectivity index (χ4v) is 1.81. The molecular formula is C14H19N3O2. The molecule has 1 aromatic carbocycles. The molecule has 1 aromatic heterocycles. The highest BCUT2D eigenvalue weighted by Gasteiger charge is 2.06. The van der Waals surface area contributed by atoms with Crippen molar-refractivity contribution < 1.29 is 9.84 Å². The van der Waals surface area contributed by atoms with Crippen LogP contribution in [0, 0.1) is 0 Å². The van der Waals surface area contributed by atoms with Crippen LogP contribution in [0.15, 0.2) is 43.0 Å². The third kappa shape index (κ3) is 4.08. The van der Waals surface area contributed by atoms with Crippen LogP contribution in [0.5, 0.6) is 5.75 Å². The molecular weight excluding hydrogens is 242 g/mol. The third-order valence-corrected chi connectivity index (χ3v) is 2.94. The Bertz CT molecular complexity index is 468. The first-order valence-electron chi connectivity index (χ1n) is 6.28. The van der Waals surface area contributed by atoms with E-state index in [4.69, 9.17) is 4.74 Å². The van der Waals surface area contributed by atoms with E-state index in [1.54, 1.807) is 19.6 Å². The molecule has 19 heavy (non-hydrogen) atoms. The largest absolute Gasteiger partial charge is 0.497 e. The maximum Gasteiger partial charge on any atom is 0.118 e. The number of ether oxygens (including phenoxy) is 1. The summed E-state index contributed by atoms with van der Waals surface area (Å²) in [6.45, 7) is 2.17. The van der Waals surface area contributed by atoms with Crippen LogP contribution in [0.3, 0.4) is 0 Å². The fourth-order valence-electron chi connectivity index (χ4n) is 1.81. The van der Waals surface area contributed by atoms with Crippen molar-refractivity contribution in [3.8, 4) is 5.75 Å². The number of aromatic nitrogens is 2. The molecule has 5 heteroatoms. The SMILES string of the molecule is COc1ccc(C(O)CNCCn2ccnc2)cc1. The average molecular weight is 261 g/mol. The number of nitrogens with zero attached hydrogens (tertiary/aromatic N) is 2. The second-order valence-electron chi connectivity index (χ2n) is 4.29. The summed E-state index contributed by atoms with van der Waals surface area (Å²) < 4.78 is 7.08. The molecule has 2 N–H and O–H groups in total. The smallest absolute Gasteiger partial charge is 0.118 e. The van der Waals surface area contributed by atoms with Crippen molar-refractivity contribution in [1.82, 2.24) is 14.9 Å². The molecule has 5 nitrogen and oxygen atoms in total. The molecule has 0 spiro atoms. The summed E-state index contributed by atoms with van der Waals surface area (Å²) in [6, 6.07) is 7.45. The van der Waals surface area contributed by atoms with Gasteiger partial charge in [0.2, 0.25) is 0 Å². The van der Waals surface area contributed by atoms with Crippen molar-refractivity contribution in [3.63, 3.8) is 0 Å². The number of aliphatic hydroxyl groups excluding tert-OH is 1. The molecule has 0 aliphatic carbocycles. The van der Waals surface area contributed by atoms with Crippen LogP contribution in [-0.4, -0.2) is 34.9 Å². The van der Waals surface area contributed by atoms with Crippen LogP contribution in [0.1, 0.15) is 11.7 Å². The van der Waals surface area contributed by atoms with Gasteiger partial charge in [0, 0.05) is 32.0 Å². The van der Waals surface area contributed by atoms with E-state index in [2.05, 4.69) is 10.3 Å². The maximum absolute atomic E-state index is 10.0. The van der Waals surface area contributed by atoms with E-state index in [-0.39, 0.29) is 0 Å². The molecule has 0 radical (unpaired) electrons. The highest BCUT2D eigenvalue weighted by atomic mass is 16.5. The van der Waals surface area contributed by atoms with Gasteiger partial charge in [0.15, 0.2) is 0 Å². The number of methoxy groups -OCH3 is 1. The van der Waals surface area contributed by atoms with Crippen molar-refractivity contribution in [1.29, 1.82) is 0 Å². The van der Waals surface area contributed by atoms with Crippen LogP contribution >= 0.6 is 0 Å². The Hall–Kier alpha value is -1.85. The van der Waals surface area contributed by atoms with Gasteiger partial charge >= 0.3 is 0 Å². The Morgan fingerprint density at radius 1 is 1.37 bits per heavy atom. The molecule has 0 fully saturated rings. The van der Waals surface area contributed by atoms with Gasteiger partial charge in [-0.05, 0) is 17.7 Å². The number of rotatable bonds is 7. The molecule has 0 amide bonds. The average Bonchev–Trinajstić information content (AvgIpc) is 2.96. The molecule has 1 atom stereocenters. The Morgan fingerprint density at radius 3 is 2.79 bits per heavy atom. The van der Waals surface area contributed by atoms with E-state index in [0.717, 1.165) is 24.4 Å². The predicted molar refractivity (Wildman–Crippen MR) is 73.1 cm³/mol. The lowest BCUT2D eigenvalue weighted by atomic mass is 10.1.